The molecule has 3 heteroatoms. The van der Waals surface area contributed by atoms with Crippen LogP contribution in [0.1, 0.15) is 40.0 Å². The van der Waals surface area contributed by atoms with Crippen LogP contribution in [0.25, 0.3) is 0 Å². The highest BCUT2D eigenvalue weighted by Crippen LogP contribution is 2.36. The van der Waals surface area contributed by atoms with Gasteiger partial charge in [-0.05, 0) is 33.6 Å². The molecule has 82 valence electrons. The molecule has 0 aliphatic carbocycles. The number of carbonyl (C=O) groups excluding carboxylic acids is 2. The van der Waals surface area contributed by atoms with E-state index in [1.165, 1.54) is 0 Å². The average Bonchev–Trinajstić information content (AvgIpc) is 2.53. The van der Waals surface area contributed by atoms with Crippen molar-refractivity contribution in [2.45, 2.75) is 45.6 Å². The number of allylic oxidation sites excluding steroid dienone is 1. The summed E-state index contributed by atoms with van der Waals surface area (Å²) >= 11 is 0. The minimum absolute atomic E-state index is 0.0540. The lowest BCUT2D eigenvalue weighted by molar-refractivity contribution is -0.130. The lowest BCUT2D eigenvalue weighted by Crippen LogP contribution is -2.45. The maximum Gasteiger partial charge on any atom is 0.250 e. The number of rotatable bonds is 0. The lowest BCUT2D eigenvalue weighted by atomic mass is 9.91. The summed E-state index contributed by atoms with van der Waals surface area (Å²) < 4.78 is 0. The summed E-state index contributed by atoms with van der Waals surface area (Å²) in [7, 11) is 0. The van der Waals surface area contributed by atoms with E-state index in [1.54, 1.807) is 13.8 Å². The monoisotopic (exact) mass is 207 g/mol. The number of fused-ring (bicyclic) bond motifs is 1. The van der Waals surface area contributed by atoms with Crippen molar-refractivity contribution in [1.29, 1.82) is 0 Å². The molecule has 0 spiro atoms. The summed E-state index contributed by atoms with van der Waals surface area (Å²) in [5.41, 5.74) is 1.05. The van der Waals surface area contributed by atoms with Crippen molar-refractivity contribution in [3.05, 3.63) is 11.1 Å². The Morgan fingerprint density at radius 3 is 2.53 bits per heavy atom. The lowest BCUT2D eigenvalue weighted by Gasteiger charge is -2.33. The summed E-state index contributed by atoms with van der Waals surface area (Å²) in [5.74, 6) is 0.186. The third kappa shape index (κ3) is 1.41. The topological polar surface area (TPSA) is 37.4 Å². The zero-order chi connectivity index (χ0) is 11.2. The maximum absolute atomic E-state index is 12.1. The fraction of sp³-hybridized carbons (Fsp3) is 0.667. The molecule has 2 aliphatic heterocycles. The molecule has 2 heterocycles. The van der Waals surface area contributed by atoms with Gasteiger partial charge in [0.05, 0.1) is 0 Å². The standard InChI is InChI=1S/C12H17NO2/c1-8-9(2)11(15)13-6-4-5-12(13,3)7-10(8)14/h4-7H2,1-3H3/t12-/m1/s1. The number of carbonyl (C=O) groups is 2. The molecule has 0 saturated carbocycles. The molecule has 2 rings (SSSR count). The molecule has 1 amide bonds. The van der Waals surface area contributed by atoms with Crippen molar-refractivity contribution in [2.75, 3.05) is 6.54 Å². The van der Waals surface area contributed by atoms with Crippen LogP contribution in [0, 0.1) is 0 Å². The maximum atomic E-state index is 12.1. The second-order valence-electron chi connectivity index (χ2n) is 4.91. The highest BCUT2D eigenvalue weighted by Gasteiger charge is 2.44. The molecule has 15 heavy (non-hydrogen) atoms. The summed E-state index contributed by atoms with van der Waals surface area (Å²) in [6.07, 6.45) is 2.45. The predicted octanol–water partition coefficient (Wildman–Crippen LogP) is 1.68. The van der Waals surface area contributed by atoms with E-state index < -0.39 is 0 Å². The molecule has 0 radical (unpaired) electrons. The van der Waals surface area contributed by atoms with Crippen LogP contribution in [-0.2, 0) is 9.59 Å². The van der Waals surface area contributed by atoms with E-state index in [2.05, 4.69) is 0 Å². The Hall–Kier alpha value is -1.12. The first-order chi connectivity index (χ1) is 6.96. The summed E-state index contributed by atoms with van der Waals surface area (Å²) in [6, 6.07) is 0. The SMILES string of the molecule is CC1=C(C)C(=O)N2CCC[C@]2(C)CC1=O. The molecule has 1 atom stereocenters. The smallest absolute Gasteiger partial charge is 0.250 e. The van der Waals surface area contributed by atoms with Gasteiger partial charge in [-0.2, -0.15) is 0 Å². The summed E-state index contributed by atoms with van der Waals surface area (Å²) in [6.45, 7) is 6.36. The number of hydrogen-bond acceptors (Lipinski definition) is 2. The van der Waals surface area contributed by atoms with Crippen molar-refractivity contribution in [1.82, 2.24) is 4.90 Å². The number of Topliss-reactive ketones (excluding diaryl/α,β-unsaturated/α-hetero) is 1. The fourth-order valence-electron chi connectivity index (χ4n) is 2.60. The number of nitrogens with zero attached hydrogens (tertiary/aromatic N) is 1. The first-order valence-electron chi connectivity index (χ1n) is 5.48. The van der Waals surface area contributed by atoms with Gasteiger partial charge in [-0.15, -0.1) is 0 Å². The summed E-state index contributed by atoms with van der Waals surface area (Å²) in [4.78, 5) is 25.9. The molecule has 0 N–H and O–H groups in total. The zero-order valence-electron chi connectivity index (χ0n) is 9.59. The van der Waals surface area contributed by atoms with Crippen molar-refractivity contribution in [2.24, 2.45) is 0 Å². The van der Waals surface area contributed by atoms with Crippen LogP contribution in [0.15, 0.2) is 11.1 Å². The van der Waals surface area contributed by atoms with Crippen molar-refractivity contribution >= 4 is 11.7 Å². The van der Waals surface area contributed by atoms with E-state index in [0.717, 1.165) is 19.4 Å². The summed E-state index contributed by atoms with van der Waals surface area (Å²) in [5, 5.41) is 0. The molecular weight excluding hydrogens is 190 g/mol. The molecule has 0 bridgehead atoms. The molecule has 0 aromatic heterocycles. The number of ketones is 1. The Balaban J connectivity index is 2.47. The van der Waals surface area contributed by atoms with E-state index in [0.29, 0.717) is 17.6 Å². The minimum atomic E-state index is -0.229. The fourth-order valence-corrected chi connectivity index (χ4v) is 2.60. The van der Waals surface area contributed by atoms with Crippen molar-refractivity contribution < 1.29 is 9.59 Å². The molecule has 3 nitrogen and oxygen atoms in total. The Labute approximate surface area is 90.1 Å². The molecule has 2 aliphatic rings. The molecule has 0 aromatic carbocycles. The first kappa shape index (κ1) is 10.4. The second-order valence-corrected chi connectivity index (χ2v) is 4.91. The van der Waals surface area contributed by atoms with Gasteiger partial charge in [0, 0.05) is 29.7 Å². The molecule has 0 unspecified atom stereocenters. The van der Waals surface area contributed by atoms with Gasteiger partial charge in [0.25, 0.3) is 0 Å². The van der Waals surface area contributed by atoms with Crippen LogP contribution < -0.4 is 0 Å². The molecule has 0 aromatic rings. The van der Waals surface area contributed by atoms with Crippen molar-refractivity contribution in [3.8, 4) is 0 Å². The van der Waals surface area contributed by atoms with Crippen LogP contribution in [0.4, 0.5) is 0 Å². The van der Waals surface area contributed by atoms with Gasteiger partial charge in [-0.1, -0.05) is 0 Å². The van der Waals surface area contributed by atoms with Gasteiger partial charge in [0.15, 0.2) is 5.78 Å². The Morgan fingerprint density at radius 2 is 1.87 bits per heavy atom. The van der Waals surface area contributed by atoms with Gasteiger partial charge in [-0.3, -0.25) is 9.59 Å². The van der Waals surface area contributed by atoms with Gasteiger partial charge < -0.3 is 4.90 Å². The average molecular weight is 207 g/mol. The Morgan fingerprint density at radius 1 is 1.20 bits per heavy atom. The van der Waals surface area contributed by atoms with Crippen LogP contribution in [0.2, 0.25) is 0 Å². The van der Waals surface area contributed by atoms with Gasteiger partial charge in [0.2, 0.25) is 5.91 Å². The van der Waals surface area contributed by atoms with E-state index in [9.17, 15) is 9.59 Å². The quantitative estimate of drug-likeness (QED) is 0.606. The van der Waals surface area contributed by atoms with Crippen LogP contribution in [0.5, 0.6) is 0 Å². The third-order valence-electron chi connectivity index (χ3n) is 3.84. The minimum Gasteiger partial charge on any atom is -0.333 e. The highest BCUT2D eigenvalue weighted by atomic mass is 16.2. The van der Waals surface area contributed by atoms with Gasteiger partial charge in [0.1, 0.15) is 0 Å². The van der Waals surface area contributed by atoms with Crippen molar-refractivity contribution in [3.63, 3.8) is 0 Å². The second kappa shape index (κ2) is 3.19. The molecular formula is C12H17NO2. The zero-order valence-corrected chi connectivity index (χ0v) is 9.59. The third-order valence-corrected chi connectivity index (χ3v) is 3.84. The van der Waals surface area contributed by atoms with Crippen LogP contribution >= 0.6 is 0 Å². The van der Waals surface area contributed by atoms with Crippen LogP contribution in [-0.4, -0.2) is 28.7 Å². The highest BCUT2D eigenvalue weighted by molar-refractivity contribution is 6.07. The number of hydrogen-bond donors (Lipinski definition) is 0. The normalized spacial score (nSPS) is 32.1. The van der Waals surface area contributed by atoms with E-state index >= 15 is 0 Å². The van der Waals surface area contributed by atoms with E-state index in [-0.39, 0.29) is 17.2 Å². The van der Waals surface area contributed by atoms with Gasteiger partial charge in [-0.25, -0.2) is 0 Å². The first-order valence-corrected chi connectivity index (χ1v) is 5.48. The Kier molecular flexibility index (Phi) is 2.21. The number of amides is 1. The molecule has 1 saturated heterocycles. The predicted molar refractivity (Wildman–Crippen MR) is 57.4 cm³/mol. The van der Waals surface area contributed by atoms with E-state index in [1.807, 2.05) is 11.8 Å². The van der Waals surface area contributed by atoms with E-state index in [4.69, 9.17) is 0 Å². The van der Waals surface area contributed by atoms with Crippen LogP contribution in [0.3, 0.4) is 0 Å². The Bertz CT molecular complexity index is 370. The van der Waals surface area contributed by atoms with Gasteiger partial charge >= 0.3 is 0 Å². The largest absolute Gasteiger partial charge is 0.333 e. The molecule has 1 fully saturated rings.